The van der Waals surface area contributed by atoms with E-state index in [4.69, 9.17) is 5.73 Å². The minimum absolute atomic E-state index is 0.216. The van der Waals surface area contributed by atoms with Gasteiger partial charge in [-0.1, -0.05) is 20.3 Å². The van der Waals surface area contributed by atoms with Gasteiger partial charge in [-0.2, -0.15) is 0 Å². The molecule has 4 heteroatoms. The molecule has 0 aromatic rings. The smallest absolute Gasteiger partial charge is 0.150 e. The van der Waals surface area contributed by atoms with Crippen molar-refractivity contribution >= 4 is 9.84 Å². The van der Waals surface area contributed by atoms with Crippen molar-refractivity contribution < 1.29 is 8.42 Å². The molecule has 1 aliphatic rings. The minimum atomic E-state index is -2.87. The summed E-state index contributed by atoms with van der Waals surface area (Å²) in [5.41, 5.74) is 6.10. The molecule has 0 saturated heterocycles. The van der Waals surface area contributed by atoms with E-state index < -0.39 is 9.84 Å². The predicted octanol–water partition coefficient (Wildman–Crippen LogP) is 2.50. The highest BCUT2D eigenvalue weighted by molar-refractivity contribution is 7.91. The van der Waals surface area contributed by atoms with Crippen LogP contribution in [0.1, 0.15) is 58.8 Å². The third kappa shape index (κ3) is 4.96. The molecule has 3 nitrogen and oxygen atoms in total. The topological polar surface area (TPSA) is 60.2 Å². The molecule has 2 N–H and O–H groups in total. The second kappa shape index (κ2) is 6.19. The van der Waals surface area contributed by atoms with E-state index in [1.165, 1.54) is 19.3 Å². The lowest BCUT2D eigenvalue weighted by molar-refractivity contribution is 0.224. The lowest BCUT2D eigenvalue weighted by Gasteiger charge is -2.37. The molecule has 1 rings (SSSR count). The average molecular weight is 261 g/mol. The van der Waals surface area contributed by atoms with Gasteiger partial charge in [0, 0.05) is 11.3 Å². The first kappa shape index (κ1) is 15.0. The molecule has 0 atom stereocenters. The van der Waals surface area contributed by atoms with E-state index in [9.17, 15) is 8.42 Å². The highest BCUT2D eigenvalue weighted by Crippen LogP contribution is 2.34. The summed E-state index contributed by atoms with van der Waals surface area (Å²) in [6.45, 7) is 4.13. The van der Waals surface area contributed by atoms with Gasteiger partial charge in [0.1, 0.15) is 9.84 Å². The largest absolute Gasteiger partial charge is 0.325 e. The summed E-state index contributed by atoms with van der Waals surface area (Å²) in [7, 11) is -2.87. The second-order valence-corrected chi connectivity index (χ2v) is 7.92. The van der Waals surface area contributed by atoms with Gasteiger partial charge in [0.05, 0.1) is 5.75 Å². The zero-order valence-electron chi connectivity index (χ0n) is 11.2. The lowest BCUT2D eigenvalue weighted by atomic mass is 9.75. The highest BCUT2D eigenvalue weighted by Gasteiger charge is 2.31. The first-order valence-corrected chi connectivity index (χ1v) is 8.72. The van der Waals surface area contributed by atoms with Crippen molar-refractivity contribution in [2.24, 2.45) is 11.7 Å². The molecular weight excluding hydrogens is 234 g/mol. The summed E-state index contributed by atoms with van der Waals surface area (Å²) < 4.78 is 23.4. The molecule has 0 amide bonds. The molecule has 0 radical (unpaired) electrons. The average Bonchev–Trinajstić information content (AvgIpc) is 2.28. The van der Waals surface area contributed by atoms with Crippen LogP contribution in [0.2, 0.25) is 0 Å². The van der Waals surface area contributed by atoms with Crippen LogP contribution in [0.3, 0.4) is 0 Å². The Morgan fingerprint density at radius 2 is 1.76 bits per heavy atom. The van der Waals surface area contributed by atoms with Gasteiger partial charge in [-0.05, 0) is 44.4 Å². The standard InChI is InChI=1S/C13H27NO2S/c1-3-10-17(15,16)11-9-13(14)7-5-12(4-2)6-8-13/h12H,3-11,14H2,1-2H3. The SMILES string of the molecule is CCCS(=O)(=O)CCC1(N)CCC(CC)CC1. The Hall–Kier alpha value is -0.0900. The van der Waals surface area contributed by atoms with E-state index in [0.717, 1.165) is 18.8 Å². The molecule has 0 aromatic heterocycles. The van der Waals surface area contributed by atoms with Gasteiger partial charge >= 0.3 is 0 Å². The summed E-state index contributed by atoms with van der Waals surface area (Å²) in [5.74, 6) is 1.38. The molecule has 0 spiro atoms. The van der Waals surface area contributed by atoms with E-state index in [1.807, 2.05) is 6.92 Å². The zero-order chi connectivity index (χ0) is 12.9. The molecule has 17 heavy (non-hydrogen) atoms. The van der Waals surface area contributed by atoms with E-state index in [2.05, 4.69) is 6.92 Å². The summed E-state index contributed by atoms with van der Waals surface area (Å²) in [6, 6.07) is 0. The van der Waals surface area contributed by atoms with Gasteiger partial charge in [-0.25, -0.2) is 8.42 Å². The summed E-state index contributed by atoms with van der Waals surface area (Å²) in [5, 5.41) is 0. The lowest BCUT2D eigenvalue weighted by Crippen LogP contribution is -2.44. The quantitative estimate of drug-likeness (QED) is 0.799. The Kier molecular flexibility index (Phi) is 5.45. The van der Waals surface area contributed by atoms with Crippen LogP contribution >= 0.6 is 0 Å². The third-order valence-corrected chi connectivity index (χ3v) is 5.96. The van der Waals surface area contributed by atoms with E-state index in [1.54, 1.807) is 0 Å². The van der Waals surface area contributed by atoms with Crippen molar-refractivity contribution in [3.63, 3.8) is 0 Å². The Morgan fingerprint density at radius 1 is 1.18 bits per heavy atom. The van der Waals surface area contributed by atoms with Crippen LogP contribution in [0.4, 0.5) is 0 Å². The van der Waals surface area contributed by atoms with Crippen molar-refractivity contribution in [2.75, 3.05) is 11.5 Å². The Morgan fingerprint density at radius 3 is 2.24 bits per heavy atom. The Balaban J connectivity index is 2.41. The zero-order valence-corrected chi connectivity index (χ0v) is 12.1. The summed E-state index contributed by atoms with van der Waals surface area (Å²) in [6.07, 6.45) is 6.90. The number of hydrogen-bond acceptors (Lipinski definition) is 3. The summed E-state index contributed by atoms with van der Waals surface area (Å²) >= 11 is 0. The first-order valence-electron chi connectivity index (χ1n) is 6.90. The van der Waals surface area contributed by atoms with Crippen molar-refractivity contribution in [3.05, 3.63) is 0 Å². The molecule has 102 valence electrons. The molecule has 0 aliphatic heterocycles. The van der Waals surface area contributed by atoms with Gasteiger partial charge in [-0.3, -0.25) is 0 Å². The van der Waals surface area contributed by atoms with Crippen molar-refractivity contribution in [1.29, 1.82) is 0 Å². The maximum absolute atomic E-state index is 11.7. The van der Waals surface area contributed by atoms with Crippen LogP contribution in [0.5, 0.6) is 0 Å². The Labute approximate surface area is 106 Å². The molecule has 0 bridgehead atoms. The predicted molar refractivity (Wildman–Crippen MR) is 72.7 cm³/mol. The van der Waals surface area contributed by atoms with Crippen molar-refractivity contribution in [2.45, 2.75) is 64.3 Å². The van der Waals surface area contributed by atoms with Crippen molar-refractivity contribution in [1.82, 2.24) is 0 Å². The molecule has 1 saturated carbocycles. The fourth-order valence-electron chi connectivity index (χ4n) is 2.68. The molecule has 1 fully saturated rings. The monoisotopic (exact) mass is 261 g/mol. The molecule has 1 aliphatic carbocycles. The summed E-state index contributed by atoms with van der Waals surface area (Å²) in [4.78, 5) is 0. The first-order chi connectivity index (χ1) is 7.91. The van der Waals surface area contributed by atoms with Crippen LogP contribution in [0, 0.1) is 5.92 Å². The van der Waals surface area contributed by atoms with Crippen LogP contribution < -0.4 is 5.73 Å². The van der Waals surface area contributed by atoms with E-state index in [-0.39, 0.29) is 11.3 Å². The normalized spacial score (nSPS) is 30.4. The van der Waals surface area contributed by atoms with E-state index >= 15 is 0 Å². The molecule has 0 aromatic carbocycles. The van der Waals surface area contributed by atoms with Crippen LogP contribution in [-0.4, -0.2) is 25.5 Å². The molecular formula is C13H27NO2S. The number of sulfone groups is 1. The molecule has 0 heterocycles. The fourth-order valence-corrected chi connectivity index (χ4v) is 4.23. The molecule has 0 unspecified atom stereocenters. The van der Waals surface area contributed by atoms with Gasteiger partial charge in [0.2, 0.25) is 0 Å². The van der Waals surface area contributed by atoms with Crippen molar-refractivity contribution in [3.8, 4) is 0 Å². The number of nitrogens with two attached hydrogens (primary N) is 1. The van der Waals surface area contributed by atoms with Gasteiger partial charge in [-0.15, -0.1) is 0 Å². The van der Waals surface area contributed by atoms with Crippen LogP contribution in [-0.2, 0) is 9.84 Å². The second-order valence-electron chi connectivity index (χ2n) is 5.62. The van der Waals surface area contributed by atoms with Crippen LogP contribution in [0.15, 0.2) is 0 Å². The Bertz CT molecular complexity index is 316. The fraction of sp³-hybridized carbons (Fsp3) is 1.00. The third-order valence-electron chi connectivity index (χ3n) is 4.10. The van der Waals surface area contributed by atoms with Gasteiger partial charge in [0.25, 0.3) is 0 Å². The highest BCUT2D eigenvalue weighted by atomic mass is 32.2. The number of hydrogen-bond donors (Lipinski definition) is 1. The van der Waals surface area contributed by atoms with Gasteiger partial charge < -0.3 is 5.73 Å². The maximum atomic E-state index is 11.7. The van der Waals surface area contributed by atoms with Crippen LogP contribution in [0.25, 0.3) is 0 Å². The minimum Gasteiger partial charge on any atom is -0.325 e. The van der Waals surface area contributed by atoms with E-state index in [0.29, 0.717) is 18.6 Å². The maximum Gasteiger partial charge on any atom is 0.150 e. The van der Waals surface area contributed by atoms with Gasteiger partial charge in [0.15, 0.2) is 0 Å². The number of rotatable bonds is 6.